The first-order valence-corrected chi connectivity index (χ1v) is 7.66. The highest BCUT2D eigenvalue weighted by atomic mass is 16.6. The summed E-state index contributed by atoms with van der Waals surface area (Å²) in [6.07, 6.45) is 1.25. The number of carbonyl (C=O) groups is 1. The fourth-order valence-corrected chi connectivity index (χ4v) is 4.35. The van der Waals surface area contributed by atoms with E-state index in [9.17, 15) is 9.90 Å². The molecule has 4 heteroatoms. The van der Waals surface area contributed by atoms with E-state index in [1.54, 1.807) is 0 Å². The molecule has 112 valence electrons. The van der Waals surface area contributed by atoms with Crippen molar-refractivity contribution in [2.24, 2.45) is 27.7 Å². The number of aliphatic hydroxyl groups excluding tert-OH is 1. The molecule has 1 aliphatic heterocycles. The summed E-state index contributed by atoms with van der Waals surface area (Å²) < 4.78 is 5.74. The van der Waals surface area contributed by atoms with E-state index < -0.39 is 12.1 Å². The molecule has 0 saturated heterocycles. The molecule has 2 bridgehead atoms. The summed E-state index contributed by atoms with van der Waals surface area (Å²) in [5.74, 6) is 0.0209. The number of hydrogen-bond donors (Lipinski definition) is 1. The number of nitrogens with zero attached hydrogens (tertiary/aromatic N) is 1. The molecule has 0 radical (unpaired) electrons. The Morgan fingerprint density at radius 2 is 2.00 bits per heavy atom. The molecule has 0 unspecified atom stereocenters. The van der Waals surface area contributed by atoms with Crippen LogP contribution in [0.3, 0.4) is 0 Å². The number of fused-ring (bicyclic) bond motifs is 5. The minimum atomic E-state index is -0.758. The van der Waals surface area contributed by atoms with Crippen LogP contribution >= 0.6 is 0 Å². The topological polar surface area (TPSA) is 58.9 Å². The average molecular weight is 279 g/mol. The van der Waals surface area contributed by atoms with Gasteiger partial charge in [0.1, 0.15) is 6.10 Å². The third kappa shape index (κ3) is 1.51. The maximum atomic E-state index is 12.2. The molecule has 0 amide bonds. The molecule has 0 spiro atoms. The highest BCUT2D eigenvalue weighted by Gasteiger charge is 2.67. The average Bonchev–Trinajstić information content (AvgIpc) is 2.68. The van der Waals surface area contributed by atoms with Gasteiger partial charge in [0.2, 0.25) is 0 Å². The van der Waals surface area contributed by atoms with Gasteiger partial charge < -0.3 is 9.84 Å². The van der Waals surface area contributed by atoms with E-state index >= 15 is 0 Å². The Morgan fingerprint density at radius 1 is 1.35 bits per heavy atom. The Bertz CT molecular complexity index is 482. The van der Waals surface area contributed by atoms with Crippen molar-refractivity contribution in [3.05, 3.63) is 0 Å². The fraction of sp³-hybridized carbons (Fsp3) is 0.875. The van der Waals surface area contributed by atoms with Gasteiger partial charge in [-0.05, 0) is 24.2 Å². The molecule has 5 atom stereocenters. The van der Waals surface area contributed by atoms with Crippen molar-refractivity contribution in [2.75, 3.05) is 0 Å². The molecule has 0 aromatic rings. The summed E-state index contributed by atoms with van der Waals surface area (Å²) in [7, 11) is 0. The van der Waals surface area contributed by atoms with Crippen molar-refractivity contribution >= 4 is 11.7 Å². The number of aliphatic hydroxyl groups is 1. The molecule has 4 nitrogen and oxygen atoms in total. The molecule has 1 heterocycles. The van der Waals surface area contributed by atoms with E-state index in [1.807, 2.05) is 13.8 Å². The largest absolute Gasteiger partial charge is 0.454 e. The SMILES string of the molecule is CC(C)[C@@H](O)[C@H]1N=C2[C@H]3CC[C@@](C)([C@@H]2OC1=O)C3(C)C. The van der Waals surface area contributed by atoms with E-state index in [2.05, 4.69) is 25.8 Å². The molecule has 20 heavy (non-hydrogen) atoms. The minimum absolute atomic E-state index is 0.00404. The summed E-state index contributed by atoms with van der Waals surface area (Å²) in [6, 6.07) is -0.736. The van der Waals surface area contributed by atoms with Crippen molar-refractivity contribution in [3.8, 4) is 0 Å². The standard InChI is InChI=1S/C16H25NO3/c1-8(2)12(18)11-14(19)20-13-10(17-11)9-6-7-16(13,5)15(9,3)4/h8-9,11-13,18H,6-7H2,1-5H3/t9-,11-,12-,13-,16+/m1/s1. The lowest BCUT2D eigenvalue weighted by molar-refractivity contribution is -0.159. The molecule has 0 aromatic heterocycles. The summed E-state index contributed by atoms with van der Waals surface area (Å²) in [6.45, 7) is 10.5. The lowest BCUT2D eigenvalue weighted by Crippen LogP contribution is -2.50. The number of rotatable bonds is 2. The third-order valence-electron chi connectivity index (χ3n) is 6.27. The predicted octanol–water partition coefficient (Wildman–Crippen LogP) is 2.19. The summed E-state index contributed by atoms with van der Waals surface area (Å²) in [5, 5.41) is 10.2. The van der Waals surface area contributed by atoms with Crippen LogP contribution in [-0.4, -0.2) is 35.0 Å². The smallest absolute Gasteiger partial charge is 0.334 e. The lowest BCUT2D eigenvalue weighted by Gasteiger charge is -2.40. The van der Waals surface area contributed by atoms with Gasteiger partial charge in [-0.1, -0.05) is 34.6 Å². The zero-order valence-electron chi connectivity index (χ0n) is 13.0. The van der Waals surface area contributed by atoms with Crippen LogP contribution in [0.1, 0.15) is 47.5 Å². The Kier molecular flexibility index (Phi) is 2.85. The molecular formula is C16H25NO3. The van der Waals surface area contributed by atoms with E-state index in [-0.39, 0.29) is 28.8 Å². The van der Waals surface area contributed by atoms with E-state index in [4.69, 9.17) is 4.74 Å². The van der Waals surface area contributed by atoms with Gasteiger partial charge in [-0.2, -0.15) is 0 Å². The molecule has 2 aliphatic carbocycles. The predicted molar refractivity (Wildman–Crippen MR) is 76.6 cm³/mol. The lowest BCUT2D eigenvalue weighted by atomic mass is 9.70. The number of aliphatic imine (C=N–C) groups is 1. The number of hydrogen-bond acceptors (Lipinski definition) is 4. The molecule has 0 aromatic carbocycles. The fourth-order valence-electron chi connectivity index (χ4n) is 4.35. The highest BCUT2D eigenvalue weighted by molar-refractivity contribution is 6.01. The summed E-state index contributed by atoms with van der Waals surface area (Å²) in [5.41, 5.74) is 1.11. The second-order valence-corrected chi connectivity index (χ2v) is 7.78. The third-order valence-corrected chi connectivity index (χ3v) is 6.27. The van der Waals surface area contributed by atoms with Crippen LogP contribution in [0, 0.1) is 22.7 Å². The summed E-state index contributed by atoms with van der Waals surface area (Å²) >= 11 is 0. The van der Waals surface area contributed by atoms with Crippen molar-refractivity contribution in [2.45, 2.75) is 65.7 Å². The van der Waals surface area contributed by atoms with E-state index in [0.717, 1.165) is 18.6 Å². The van der Waals surface area contributed by atoms with Gasteiger partial charge in [0.05, 0.1) is 11.8 Å². The van der Waals surface area contributed by atoms with Crippen LogP contribution in [0.15, 0.2) is 4.99 Å². The first-order chi connectivity index (χ1) is 9.20. The Hall–Kier alpha value is -0.900. The van der Waals surface area contributed by atoms with Crippen LogP contribution in [-0.2, 0) is 9.53 Å². The second-order valence-electron chi connectivity index (χ2n) is 7.78. The number of ether oxygens (including phenoxy) is 1. The molecule has 3 rings (SSSR count). The molecule has 2 saturated carbocycles. The number of esters is 1. The van der Waals surface area contributed by atoms with Crippen molar-refractivity contribution < 1.29 is 14.6 Å². The van der Waals surface area contributed by atoms with Gasteiger partial charge in [0, 0.05) is 11.3 Å². The summed E-state index contributed by atoms with van der Waals surface area (Å²) in [4.78, 5) is 16.9. The van der Waals surface area contributed by atoms with Crippen LogP contribution in [0.4, 0.5) is 0 Å². The van der Waals surface area contributed by atoms with Gasteiger partial charge >= 0.3 is 5.97 Å². The second kappa shape index (κ2) is 4.06. The molecule has 3 aliphatic rings. The molecule has 1 N–H and O–H groups in total. The van der Waals surface area contributed by atoms with Crippen LogP contribution in [0.5, 0.6) is 0 Å². The van der Waals surface area contributed by atoms with Crippen LogP contribution < -0.4 is 0 Å². The Balaban J connectivity index is 2.01. The normalized spacial score (nSPS) is 43.2. The monoisotopic (exact) mass is 279 g/mol. The first kappa shape index (κ1) is 14.1. The van der Waals surface area contributed by atoms with Gasteiger partial charge in [0.25, 0.3) is 0 Å². The van der Waals surface area contributed by atoms with Crippen molar-refractivity contribution in [1.82, 2.24) is 0 Å². The first-order valence-electron chi connectivity index (χ1n) is 7.66. The van der Waals surface area contributed by atoms with Gasteiger partial charge in [-0.15, -0.1) is 0 Å². The van der Waals surface area contributed by atoms with Crippen LogP contribution in [0.25, 0.3) is 0 Å². The maximum absolute atomic E-state index is 12.2. The van der Waals surface area contributed by atoms with E-state index in [0.29, 0.717) is 5.92 Å². The molecular weight excluding hydrogens is 254 g/mol. The zero-order chi connectivity index (χ0) is 14.9. The maximum Gasteiger partial charge on any atom is 0.334 e. The van der Waals surface area contributed by atoms with Crippen molar-refractivity contribution in [3.63, 3.8) is 0 Å². The van der Waals surface area contributed by atoms with Crippen molar-refractivity contribution in [1.29, 1.82) is 0 Å². The van der Waals surface area contributed by atoms with Crippen LogP contribution in [0.2, 0.25) is 0 Å². The molecule has 2 fully saturated rings. The van der Waals surface area contributed by atoms with Gasteiger partial charge in [0.15, 0.2) is 6.04 Å². The van der Waals surface area contributed by atoms with E-state index in [1.165, 1.54) is 0 Å². The zero-order valence-corrected chi connectivity index (χ0v) is 13.0. The van der Waals surface area contributed by atoms with Gasteiger partial charge in [-0.25, -0.2) is 4.79 Å². The number of carbonyl (C=O) groups excluding carboxylic acids is 1. The quantitative estimate of drug-likeness (QED) is 0.788. The Labute approximate surface area is 120 Å². The Morgan fingerprint density at radius 3 is 2.60 bits per heavy atom. The highest BCUT2D eigenvalue weighted by Crippen LogP contribution is 2.65. The van der Waals surface area contributed by atoms with Gasteiger partial charge in [-0.3, -0.25) is 4.99 Å². The minimum Gasteiger partial charge on any atom is -0.454 e.